The normalized spacial score (nSPS) is 10.8. The largest absolute Gasteiger partial charge is 0.248 e. The third-order valence-corrected chi connectivity index (χ3v) is 3.67. The zero-order chi connectivity index (χ0) is 12.9. The Morgan fingerprint density at radius 1 is 1.24 bits per heavy atom. The SMILES string of the molecule is N#CCN(CC#N)S(=O)(=O)c1cnc(Cl)nc1. The van der Waals surface area contributed by atoms with Crippen LogP contribution in [-0.4, -0.2) is 35.8 Å². The van der Waals surface area contributed by atoms with Crippen molar-refractivity contribution in [2.45, 2.75) is 4.90 Å². The Labute approximate surface area is 103 Å². The monoisotopic (exact) mass is 271 g/mol. The van der Waals surface area contributed by atoms with Crippen LogP contribution in [0.15, 0.2) is 17.3 Å². The zero-order valence-electron chi connectivity index (χ0n) is 8.41. The molecule has 0 bridgehead atoms. The van der Waals surface area contributed by atoms with Crippen LogP contribution in [0.3, 0.4) is 0 Å². The van der Waals surface area contributed by atoms with Gasteiger partial charge < -0.3 is 0 Å². The highest BCUT2D eigenvalue weighted by molar-refractivity contribution is 7.89. The van der Waals surface area contributed by atoms with E-state index in [-0.39, 0.29) is 10.2 Å². The predicted molar refractivity (Wildman–Crippen MR) is 57.0 cm³/mol. The molecule has 1 rings (SSSR count). The number of aromatic nitrogens is 2. The molecular weight excluding hydrogens is 266 g/mol. The second-order valence-corrected chi connectivity index (χ2v) is 5.05. The Bertz CT molecular complexity index is 555. The van der Waals surface area contributed by atoms with Crippen LogP contribution in [0.25, 0.3) is 0 Å². The first-order chi connectivity index (χ1) is 8.02. The zero-order valence-corrected chi connectivity index (χ0v) is 9.98. The molecule has 1 aromatic rings. The molecule has 7 nitrogen and oxygen atoms in total. The summed E-state index contributed by atoms with van der Waals surface area (Å²) < 4.78 is 24.6. The minimum Gasteiger partial charge on any atom is -0.225 e. The van der Waals surface area contributed by atoms with Crippen molar-refractivity contribution in [3.05, 3.63) is 17.7 Å². The van der Waals surface area contributed by atoms with Gasteiger partial charge in [-0.25, -0.2) is 18.4 Å². The van der Waals surface area contributed by atoms with Gasteiger partial charge in [-0.2, -0.15) is 14.8 Å². The topological polar surface area (TPSA) is 111 Å². The van der Waals surface area contributed by atoms with Crippen LogP contribution >= 0.6 is 11.6 Å². The van der Waals surface area contributed by atoms with Crippen LogP contribution in [0.1, 0.15) is 0 Å². The molecule has 0 aliphatic heterocycles. The van der Waals surface area contributed by atoms with Gasteiger partial charge in [0.2, 0.25) is 15.3 Å². The highest BCUT2D eigenvalue weighted by Crippen LogP contribution is 2.13. The third-order valence-electron chi connectivity index (χ3n) is 1.73. The Kier molecular flexibility index (Phi) is 4.35. The maximum absolute atomic E-state index is 11.9. The fourth-order valence-corrected chi connectivity index (χ4v) is 2.19. The summed E-state index contributed by atoms with van der Waals surface area (Å²) in [5.74, 6) is 0. The van der Waals surface area contributed by atoms with Gasteiger partial charge in [-0.1, -0.05) is 0 Å². The van der Waals surface area contributed by atoms with Crippen molar-refractivity contribution in [2.24, 2.45) is 0 Å². The molecule has 88 valence electrons. The minimum atomic E-state index is -3.94. The summed E-state index contributed by atoms with van der Waals surface area (Å²) in [7, 11) is -3.94. The lowest BCUT2D eigenvalue weighted by atomic mass is 10.6. The molecule has 0 saturated heterocycles. The molecule has 1 heterocycles. The van der Waals surface area contributed by atoms with Crippen LogP contribution in [0.4, 0.5) is 0 Å². The van der Waals surface area contributed by atoms with Gasteiger partial charge >= 0.3 is 0 Å². The molecule has 1 aromatic heterocycles. The predicted octanol–water partition coefficient (Wildman–Crippen LogP) is 0.168. The van der Waals surface area contributed by atoms with Crippen molar-refractivity contribution < 1.29 is 8.42 Å². The Morgan fingerprint density at radius 3 is 2.12 bits per heavy atom. The smallest absolute Gasteiger partial charge is 0.225 e. The molecule has 0 aromatic carbocycles. The van der Waals surface area contributed by atoms with E-state index in [0.29, 0.717) is 0 Å². The van der Waals surface area contributed by atoms with Crippen molar-refractivity contribution in [3.63, 3.8) is 0 Å². The molecule has 0 amide bonds. The van der Waals surface area contributed by atoms with Crippen molar-refractivity contribution in [3.8, 4) is 12.1 Å². The molecular formula is C8H6ClN5O2S. The van der Waals surface area contributed by atoms with E-state index in [2.05, 4.69) is 9.97 Å². The van der Waals surface area contributed by atoms with Crippen LogP contribution in [0.2, 0.25) is 5.28 Å². The molecule has 17 heavy (non-hydrogen) atoms. The Hall–Kier alpha value is -1.74. The highest BCUT2D eigenvalue weighted by Gasteiger charge is 2.24. The maximum atomic E-state index is 11.9. The van der Waals surface area contributed by atoms with E-state index in [1.54, 1.807) is 12.1 Å². The number of sulfonamides is 1. The summed E-state index contributed by atoms with van der Waals surface area (Å²) in [6.07, 6.45) is 2.04. The van der Waals surface area contributed by atoms with E-state index in [4.69, 9.17) is 22.1 Å². The molecule has 0 radical (unpaired) electrons. The van der Waals surface area contributed by atoms with Crippen molar-refractivity contribution in [1.82, 2.24) is 14.3 Å². The molecule has 9 heteroatoms. The van der Waals surface area contributed by atoms with Crippen LogP contribution in [0.5, 0.6) is 0 Å². The van der Waals surface area contributed by atoms with E-state index in [0.717, 1.165) is 16.7 Å². The summed E-state index contributed by atoms with van der Waals surface area (Å²) in [6.45, 7) is -0.836. The average molecular weight is 272 g/mol. The average Bonchev–Trinajstić information content (AvgIpc) is 2.29. The molecule has 0 saturated carbocycles. The first-order valence-electron chi connectivity index (χ1n) is 4.24. The van der Waals surface area contributed by atoms with E-state index >= 15 is 0 Å². The van der Waals surface area contributed by atoms with E-state index in [9.17, 15) is 8.42 Å². The Balaban J connectivity index is 3.13. The van der Waals surface area contributed by atoms with Crippen molar-refractivity contribution in [1.29, 1.82) is 10.5 Å². The van der Waals surface area contributed by atoms with Crippen LogP contribution < -0.4 is 0 Å². The highest BCUT2D eigenvalue weighted by atomic mass is 35.5. The molecule has 0 aliphatic rings. The van der Waals surface area contributed by atoms with Gasteiger partial charge in [0.05, 0.1) is 24.5 Å². The summed E-state index contributed by atoms with van der Waals surface area (Å²) in [5.41, 5.74) is 0. The minimum absolute atomic E-state index is 0.0870. The number of halogens is 1. The number of nitriles is 2. The summed E-state index contributed by atoms with van der Waals surface area (Å²) in [5, 5.41) is 16.9. The molecule has 0 fully saturated rings. The van der Waals surface area contributed by atoms with Gasteiger partial charge in [0, 0.05) is 0 Å². The second kappa shape index (κ2) is 5.55. The summed E-state index contributed by atoms with van der Waals surface area (Å²) in [6, 6.07) is 3.34. The molecule has 0 atom stereocenters. The molecule has 0 aliphatic carbocycles. The summed E-state index contributed by atoms with van der Waals surface area (Å²) in [4.78, 5) is 6.85. The van der Waals surface area contributed by atoms with Gasteiger partial charge in [-0.05, 0) is 11.6 Å². The number of hydrogen-bond acceptors (Lipinski definition) is 6. The lowest BCUT2D eigenvalue weighted by Crippen LogP contribution is -2.32. The standard InChI is InChI=1S/C8H6ClN5O2S/c9-8-12-5-7(6-13-8)17(15,16)14(3-1-10)4-2-11/h5-6H,3-4H2. The third kappa shape index (κ3) is 3.11. The first kappa shape index (κ1) is 13.3. The number of rotatable bonds is 4. The maximum Gasteiger partial charge on any atom is 0.248 e. The molecule has 0 spiro atoms. The van der Waals surface area contributed by atoms with Gasteiger partial charge in [-0.15, -0.1) is 0 Å². The molecule has 0 N–H and O–H groups in total. The number of nitrogens with zero attached hydrogens (tertiary/aromatic N) is 5. The van der Waals surface area contributed by atoms with Crippen LogP contribution in [0, 0.1) is 22.7 Å². The van der Waals surface area contributed by atoms with E-state index in [1.807, 2.05) is 0 Å². The lowest BCUT2D eigenvalue weighted by Gasteiger charge is -2.14. The quantitative estimate of drug-likeness (QED) is 0.570. The summed E-state index contributed by atoms with van der Waals surface area (Å²) >= 11 is 5.43. The molecule has 0 unspecified atom stereocenters. The van der Waals surface area contributed by atoms with Crippen LogP contribution in [-0.2, 0) is 10.0 Å². The van der Waals surface area contributed by atoms with Gasteiger partial charge in [0.1, 0.15) is 18.0 Å². The van der Waals surface area contributed by atoms with E-state index < -0.39 is 23.1 Å². The fraction of sp³-hybridized carbons (Fsp3) is 0.250. The van der Waals surface area contributed by atoms with Crippen molar-refractivity contribution >= 4 is 21.6 Å². The first-order valence-corrected chi connectivity index (χ1v) is 6.05. The second-order valence-electron chi connectivity index (χ2n) is 2.78. The number of hydrogen-bond donors (Lipinski definition) is 0. The van der Waals surface area contributed by atoms with Gasteiger partial charge in [0.25, 0.3) is 0 Å². The van der Waals surface area contributed by atoms with Crippen molar-refractivity contribution in [2.75, 3.05) is 13.1 Å². The fourth-order valence-electron chi connectivity index (χ4n) is 0.966. The lowest BCUT2D eigenvalue weighted by molar-refractivity contribution is 0.479. The van der Waals surface area contributed by atoms with Gasteiger partial charge in [-0.3, -0.25) is 0 Å². The van der Waals surface area contributed by atoms with Gasteiger partial charge in [0.15, 0.2) is 0 Å². The Morgan fingerprint density at radius 2 is 1.71 bits per heavy atom. The van der Waals surface area contributed by atoms with E-state index in [1.165, 1.54) is 0 Å².